The van der Waals surface area contributed by atoms with Gasteiger partial charge in [0.2, 0.25) is 0 Å². The van der Waals surface area contributed by atoms with Gasteiger partial charge in [-0.3, -0.25) is 0 Å². The van der Waals surface area contributed by atoms with E-state index in [9.17, 15) is 9.18 Å². The molecule has 0 bridgehead atoms. The minimum absolute atomic E-state index is 0.00780. The number of rotatable bonds is 5. The van der Waals surface area contributed by atoms with Crippen molar-refractivity contribution >= 4 is 5.97 Å². The molecule has 0 aromatic heterocycles. The Kier molecular flexibility index (Phi) is 4.59. The van der Waals surface area contributed by atoms with E-state index in [0.717, 1.165) is 6.07 Å². The zero-order chi connectivity index (χ0) is 16.1. The Morgan fingerprint density at radius 1 is 1.23 bits per heavy atom. The fourth-order valence-corrected chi connectivity index (χ4v) is 1.62. The Morgan fingerprint density at radius 2 is 1.86 bits per heavy atom. The molecule has 0 aliphatic heterocycles. The minimum atomic E-state index is -1.07. The van der Waals surface area contributed by atoms with E-state index in [1.807, 2.05) is 6.07 Å². The van der Waals surface area contributed by atoms with Crippen LogP contribution >= 0.6 is 0 Å². The smallest absolute Gasteiger partial charge is 0.344 e. The van der Waals surface area contributed by atoms with Gasteiger partial charge in [-0.2, -0.15) is 5.26 Å². The number of nitriles is 1. The van der Waals surface area contributed by atoms with Crippen molar-refractivity contribution in [1.82, 2.24) is 0 Å². The topological polar surface area (TPSA) is 79.5 Å². The molecule has 0 amide bonds. The first-order valence-electron chi connectivity index (χ1n) is 6.36. The van der Waals surface area contributed by atoms with Crippen LogP contribution < -0.4 is 9.47 Å². The number of hydrogen-bond acceptors (Lipinski definition) is 4. The monoisotopic (exact) mass is 301 g/mol. The van der Waals surface area contributed by atoms with Crippen LogP contribution in [0.3, 0.4) is 0 Å². The Labute approximate surface area is 126 Å². The Morgan fingerprint density at radius 3 is 2.41 bits per heavy atom. The van der Waals surface area contributed by atoms with Crippen LogP contribution in [-0.4, -0.2) is 17.2 Å². The molecule has 5 nitrogen and oxygen atoms in total. The summed E-state index contributed by atoms with van der Waals surface area (Å²) in [5, 5.41) is 17.4. The number of carbonyl (C=O) groups is 1. The maximum absolute atomic E-state index is 13.7. The third kappa shape index (κ3) is 3.73. The van der Waals surface area contributed by atoms with Gasteiger partial charge in [-0.15, -0.1) is 0 Å². The highest BCUT2D eigenvalue weighted by Gasteiger charge is 2.12. The number of ether oxygens (including phenoxy) is 2. The van der Waals surface area contributed by atoms with Gasteiger partial charge in [0.05, 0.1) is 11.6 Å². The standard InChI is InChI=1S/C16H12FNO4/c1-10(16(19)20)21-12-3-5-13(6-4-12)22-15-7-2-11(9-18)8-14(15)17/h2-8,10H,1H3,(H,19,20)/t10-/m1/s1. The number of carboxylic acids is 1. The van der Waals surface area contributed by atoms with Crippen LogP contribution in [0.5, 0.6) is 17.2 Å². The van der Waals surface area contributed by atoms with Crippen LogP contribution in [0.4, 0.5) is 4.39 Å². The summed E-state index contributed by atoms with van der Waals surface area (Å²) in [5.74, 6) is -0.994. The SMILES string of the molecule is C[C@@H](Oc1ccc(Oc2ccc(C#N)cc2F)cc1)C(=O)O. The fourth-order valence-electron chi connectivity index (χ4n) is 1.62. The van der Waals surface area contributed by atoms with Gasteiger partial charge < -0.3 is 14.6 Å². The van der Waals surface area contributed by atoms with Crippen molar-refractivity contribution in [2.75, 3.05) is 0 Å². The second-order valence-electron chi connectivity index (χ2n) is 4.43. The maximum Gasteiger partial charge on any atom is 0.344 e. The maximum atomic E-state index is 13.7. The zero-order valence-electron chi connectivity index (χ0n) is 11.6. The molecule has 6 heteroatoms. The average molecular weight is 301 g/mol. The summed E-state index contributed by atoms with van der Waals surface area (Å²) in [7, 11) is 0. The predicted octanol–water partition coefficient (Wildman–Crippen LogP) is 3.34. The van der Waals surface area contributed by atoms with E-state index >= 15 is 0 Å². The number of hydrogen-bond donors (Lipinski definition) is 1. The predicted molar refractivity (Wildman–Crippen MR) is 75.4 cm³/mol. The molecule has 0 radical (unpaired) electrons. The van der Waals surface area contributed by atoms with Gasteiger partial charge in [-0.05, 0) is 49.4 Å². The van der Waals surface area contributed by atoms with E-state index in [0.29, 0.717) is 11.5 Å². The number of carboxylic acid groups (broad SMARTS) is 1. The lowest BCUT2D eigenvalue weighted by molar-refractivity contribution is -0.144. The van der Waals surface area contributed by atoms with E-state index in [2.05, 4.69) is 0 Å². The summed E-state index contributed by atoms with van der Waals surface area (Å²) < 4.78 is 24.2. The molecular formula is C16H12FNO4. The van der Waals surface area contributed by atoms with Gasteiger partial charge in [0.25, 0.3) is 0 Å². The fraction of sp³-hybridized carbons (Fsp3) is 0.125. The van der Waals surface area contributed by atoms with Crippen molar-refractivity contribution in [3.63, 3.8) is 0 Å². The summed E-state index contributed by atoms with van der Waals surface area (Å²) in [6.45, 7) is 1.42. The molecule has 2 rings (SSSR count). The second kappa shape index (κ2) is 6.59. The first kappa shape index (κ1) is 15.3. The van der Waals surface area contributed by atoms with Crippen molar-refractivity contribution in [1.29, 1.82) is 5.26 Å². The van der Waals surface area contributed by atoms with Crippen LogP contribution in [-0.2, 0) is 4.79 Å². The molecule has 1 atom stereocenters. The first-order chi connectivity index (χ1) is 10.5. The molecular weight excluding hydrogens is 289 g/mol. The molecule has 0 aliphatic carbocycles. The molecule has 1 N–H and O–H groups in total. The molecule has 2 aromatic rings. The van der Waals surface area contributed by atoms with Crippen LogP contribution in [0.2, 0.25) is 0 Å². The lowest BCUT2D eigenvalue weighted by atomic mass is 10.2. The highest BCUT2D eigenvalue weighted by molar-refractivity contribution is 5.72. The van der Waals surface area contributed by atoms with Gasteiger partial charge in [0.1, 0.15) is 11.5 Å². The van der Waals surface area contributed by atoms with Gasteiger partial charge in [0.15, 0.2) is 17.7 Å². The molecule has 0 saturated carbocycles. The Balaban J connectivity index is 2.08. The van der Waals surface area contributed by atoms with Crippen LogP contribution in [0.1, 0.15) is 12.5 Å². The Bertz CT molecular complexity index is 722. The molecule has 0 spiro atoms. The van der Waals surface area contributed by atoms with Gasteiger partial charge in [-0.1, -0.05) is 0 Å². The highest BCUT2D eigenvalue weighted by Crippen LogP contribution is 2.27. The molecule has 2 aromatic carbocycles. The molecule has 0 fully saturated rings. The molecule has 0 saturated heterocycles. The molecule has 0 aliphatic rings. The van der Waals surface area contributed by atoms with E-state index in [1.54, 1.807) is 0 Å². The second-order valence-corrected chi connectivity index (χ2v) is 4.43. The first-order valence-corrected chi connectivity index (χ1v) is 6.36. The third-order valence-electron chi connectivity index (χ3n) is 2.77. The summed E-state index contributed by atoms with van der Waals surface area (Å²) in [4.78, 5) is 10.7. The van der Waals surface area contributed by atoms with Gasteiger partial charge in [0, 0.05) is 0 Å². The number of benzene rings is 2. The van der Waals surface area contributed by atoms with E-state index in [4.69, 9.17) is 19.8 Å². The van der Waals surface area contributed by atoms with Crippen molar-refractivity contribution in [3.05, 3.63) is 53.8 Å². The van der Waals surface area contributed by atoms with Crippen molar-refractivity contribution in [2.24, 2.45) is 0 Å². The summed E-state index contributed by atoms with van der Waals surface area (Å²) in [6, 6.07) is 11.8. The van der Waals surface area contributed by atoms with Gasteiger partial charge in [-0.25, -0.2) is 9.18 Å². The summed E-state index contributed by atoms with van der Waals surface area (Å²) in [5.41, 5.74) is 0.205. The van der Waals surface area contributed by atoms with Crippen molar-refractivity contribution in [3.8, 4) is 23.3 Å². The van der Waals surface area contributed by atoms with E-state index < -0.39 is 17.9 Å². The van der Waals surface area contributed by atoms with Crippen molar-refractivity contribution in [2.45, 2.75) is 13.0 Å². The van der Waals surface area contributed by atoms with Gasteiger partial charge >= 0.3 is 5.97 Å². The molecule has 0 unspecified atom stereocenters. The molecule has 22 heavy (non-hydrogen) atoms. The van der Waals surface area contributed by atoms with E-state index in [-0.39, 0.29) is 11.3 Å². The van der Waals surface area contributed by atoms with Crippen molar-refractivity contribution < 1.29 is 23.8 Å². The lowest BCUT2D eigenvalue weighted by Crippen LogP contribution is -2.22. The number of aliphatic carboxylic acids is 1. The lowest BCUT2D eigenvalue weighted by Gasteiger charge is -2.11. The molecule has 0 heterocycles. The van der Waals surface area contributed by atoms with Crippen LogP contribution in [0, 0.1) is 17.1 Å². The normalized spacial score (nSPS) is 11.3. The molecule has 112 valence electrons. The van der Waals surface area contributed by atoms with Crippen LogP contribution in [0.15, 0.2) is 42.5 Å². The van der Waals surface area contributed by atoms with Crippen LogP contribution in [0.25, 0.3) is 0 Å². The minimum Gasteiger partial charge on any atom is -0.479 e. The quantitative estimate of drug-likeness (QED) is 0.916. The third-order valence-corrected chi connectivity index (χ3v) is 2.77. The number of halogens is 1. The average Bonchev–Trinajstić information content (AvgIpc) is 2.51. The largest absolute Gasteiger partial charge is 0.479 e. The number of nitrogens with zero attached hydrogens (tertiary/aromatic N) is 1. The zero-order valence-corrected chi connectivity index (χ0v) is 11.6. The highest BCUT2D eigenvalue weighted by atomic mass is 19.1. The Hall–Kier alpha value is -3.07. The summed E-state index contributed by atoms with van der Waals surface area (Å²) in [6.07, 6.45) is -0.970. The van der Waals surface area contributed by atoms with E-state index in [1.165, 1.54) is 43.3 Å². The summed E-state index contributed by atoms with van der Waals surface area (Å²) >= 11 is 0.